The van der Waals surface area contributed by atoms with E-state index in [0.717, 1.165) is 19.4 Å². The van der Waals surface area contributed by atoms with Crippen LogP contribution in [0, 0.1) is 0 Å². The van der Waals surface area contributed by atoms with Gasteiger partial charge < -0.3 is 26.2 Å². The van der Waals surface area contributed by atoms with Crippen LogP contribution in [-0.2, 0) is 22.6 Å². The number of carboxylic acids is 2. The van der Waals surface area contributed by atoms with E-state index in [-0.39, 0.29) is 5.70 Å². The number of benzene rings is 1. The highest BCUT2D eigenvalue weighted by Gasteiger charge is 2.12. The number of hydrogen-bond acceptors (Lipinski definition) is 4. The number of aliphatic carboxylic acids is 2. The average Bonchev–Trinajstić information content (AvgIpc) is 2.68. The summed E-state index contributed by atoms with van der Waals surface area (Å²) < 4.78 is 0. The predicted molar refractivity (Wildman–Crippen MR) is 105 cm³/mol. The molecule has 1 aromatic rings. The van der Waals surface area contributed by atoms with E-state index >= 15 is 0 Å². The first kappa shape index (κ1) is 21.2. The molecule has 0 saturated carbocycles. The normalized spacial score (nSPS) is 12.9. The molecule has 0 bridgehead atoms. The molecule has 0 spiro atoms. The molecule has 150 valence electrons. The molecular weight excluding hydrogens is 362 g/mol. The van der Waals surface area contributed by atoms with Gasteiger partial charge in [-0.15, -0.1) is 0 Å². The first-order chi connectivity index (χ1) is 13.5. The lowest BCUT2D eigenvalue weighted by Crippen LogP contribution is -2.39. The summed E-state index contributed by atoms with van der Waals surface area (Å²) >= 11 is 0. The minimum atomic E-state index is -1.28. The fourth-order valence-corrected chi connectivity index (χ4v) is 2.90. The maximum atomic E-state index is 11.5. The second-order valence-electron chi connectivity index (χ2n) is 6.37. The van der Waals surface area contributed by atoms with Gasteiger partial charge in [0.25, 0.3) is 0 Å². The van der Waals surface area contributed by atoms with Crippen LogP contribution in [0.5, 0.6) is 0 Å². The van der Waals surface area contributed by atoms with Crippen LogP contribution >= 0.6 is 0 Å². The number of nitrogens with one attached hydrogen (secondary N) is 3. The predicted octanol–water partition coefficient (Wildman–Crippen LogP) is 1.87. The van der Waals surface area contributed by atoms with Crippen LogP contribution in [0.1, 0.15) is 36.0 Å². The van der Waals surface area contributed by atoms with Gasteiger partial charge in [-0.05, 0) is 48.9 Å². The van der Waals surface area contributed by atoms with Crippen molar-refractivity contribution in [2.75, 3.05) is 13.1 Å². The SMILES string of the molecule is O=C(O)CNC(=O)N/C(=C/CCCNCc1cccc2c1C=CCC2)C(=O)O. The molecule has 0 unspecified atom stereocenters. The lowest BCUT2D eigenvalue weighted by Gasteiger charge is -2.15. The Morgan fingerprint density at radius 2 is 2.00 bits per heavy atom. The maximum absolute atomic E-state index is 11.5. The minimum absolute atomic E-state index is 0.273. The van der Waals surface area contributed by atoms with E-state index in [0.29, 0.717) is 19.4 Å². The fourth-order valence-electron chi connectivity index (χ4n) is 2.90. The smallest absolute Gasteiger partial charge is 0.352 e. The lowest BCUT2D eigenvalue weighted by molar-refractivity contribution is -0.135. The van der Waals surface area contributed by atoms with E-state index in [1.54, 1.807) is 0 Å². The molecule has 8 nitrogen and oxygen atoms in total. The Bertz CT molecular complexity index is 786. The van der Waals surface area contributed by atoms with Crippen molar-refractivity contribution in [1.82, 2.24) is 16.0 Å². The van der Waals surface area contributed by atoms with Crippen molar-refractivity contribution in [3.63, 3.8) is 0 Å². The zero-order valence-electron chi connectivity index (χ0n) is 15.5. The summed E-state index contributed by atoms with van der Waals surface area (Å²) in [4.78, 5) is 33.0. The minimum Gasteiger partial charge on any atom is -0.480 e. The van der Waals surface area contributed by atoms with E-state index < -0.39 is 24.5 Å². The maximum Gasteiger partial charge on any atom is 0.352 e. The van der Waals surface area contributed by atoms with Crippen LogP contribution < -0.4 is 16.0 Å². The summed E-state index contributed by atoms with van der Waals surface area (Å²) in [7, 11) is 0. The molecule has 2 amide bonds. The second-order valence-corrected chi connectivity index (χ2v) is 6.37. The quantitative estimate of drug-likeness (QED) is 0.308. The number of unbranched alkanes of at least 4 members (excludes halogenated alkanes) is 1. The summed E-state index contributed by atoms with van der Waals surface area (Å²) in [5.41, 5.74) is 3.62. The third kappa shape index (κ3) is 6.88. The molecule has 0 saturated heterocycles. The molecule has 2 rings (SSSR count). The van der Waals surface area contributed by atoms with E-state index in [1.807, 2.05) is 5.32 Å². The average molecular weight is 387 g/mol. The van der Waals surface area contributed by atoms with Gasteiger partial charge in [0.1, 0.15) is 12.2 Å². The highest BCUT2D eigenvalue weighted by atomic mass is 16.4. The fraction of sp³-hybridized carbons (Fsp3) is 0.350. The Morgan fingerprint density at radius 3 is 2.75 bits per heavy atom. The van der Waals surface area contributed by atoms with Crippen LogP contribution in [0.3, 0.4) is 0 Å². The Morgan fingerprint density at radius 1 is 1.18 bits per heavy atom. The number of amides is 2. The van der Waals surface area contributed by atoms with Gasteiger partial charge in [0, 0.05) is 6.54 Å². The first-order valence-electron chi connectivity index (χ1n) is 9.15. The molecule has 28 heavy (non-hydrogen) atoms. The van der Waals surface area contributed by atoms with E-state index in [2.05, 4.69) is 41.0 Å². The summed E-state index contributed by atoms with van der Waals surface area (Å²) in [6.45, 7) is 0.849. The van der Waals surface area contributed by atoms with Crippen molar-refractivity contribution >= 4 is 24.0 Å². The van der Waals surface area contributed by atoms with Crippen LogP contribution in [0.4, 0.5) is 4.79 Å². The molecule has 1 aromatic carbocycles. The molecule has 0 heterocycles. The van der Waals surface area contributed by atoms with Gasteiger partial charge in [-0.2, -0.15) is 0 Å². The van der Waals surface area contributed by atoms with Crippen molar-refractivity contribution in [2.45, 2.75) is 32.2 Å². The molecule has 0 radical (unpaired) electrons. The van der Waals surface area contributed by atoms with Gasteiger partial charge in [-0.1, -0.05) is 36.4 Å². The van der Waals surface area contributed by atoms with Gasteiger partial charge in [0.05, 0.1) is 0 Å². The second kappa shape index (κ2) is 10.9. The number of rotatable bonds is 10. The van der Waals surface area contributed by atoms with Crippen molar-refractivity contribution in [3.05, 3.63) is 52.7 Å². The Kier molecular flexibility index (Phi) is 8.23. The third-order valence-electron chi connectivity index (χ3n) is 4.25. The van der Waals surface area contributed by atoms with Gasteiger partial charge in [0.15, 0.2) is 0 Å². The lowest BCUT2D eigenvalue weighted by atomic mass is 9.93. The third-order valence-corrected chi connectivity index (χ3v) is 4.25. The van der Waals surface area contributed by atoms with Crippen LogP contribution in [0.2, 0.25) is 0 Å². The molecule has 8 heteroatoms. The van der Waals surface area contributed by atoms with E-state index in [1.165, 1.54) is 22.8 Å². The number of carboxylic acid groups (broad SMARTS) is 2. The number of urea groups is 1. The van der Waals surface area contributed by atoms with E-state index in [4.69, 9.17) is 10.2 Å². The van der Waals surface area contributed by atoms with Crippen molar-refractivity contribution in [2.24, 2.45) is 0 Å². The Balaban J connectivity index is 1.74. The number of hydrogen-bond donors (Lipinski definition) is 5. The number of carbonyl (C=O) groups excluding carboxylic acids is 1. The van der Waals surface area contributed by atoms with Gasteiger partial charge in [-0.25, -0.2) is 9.59 Å². The van der Waals surface area contributed by atoms with Crippen molar-refractivity contribution in [1.29, 1.82) is 0 Å². The molecule has 0 fully saturated rings. The summed E-state index contributed by atoms with van der Waals surface area (Å²) in [5, 5.41) is 25.2. The molecule has 5 N–H and O–H groups in total. The Hall–Kier alpha value is -3.13. The first-order valence-corrected chi connectivity index (χ1v) is 9.15. The number of fused-ring (bicyclic) bond motifs is 1. The zero-order valence-corrected chi connectivity index (χ0v) is 15.5. The highest BCUT2D eigenvalue weighted by Crippen LogP contribution is 2.22. The summed E-state index contributed by atoms with van der Waals surface area (Å²) in [6, 6.07) is 5.46. The monoisotopic (exact) mass is 387 g/mol. The van der Waals surface area contributed by atoms with Gasteiger partial charge >= 0.3 is 18.0 Å². The largest absolute Gasteiger partial charge is 0.480 e. The van der Waals surface area contributed by atoms with E-state index in [9.17, 15) is 14.4 Å². The number of carbonyl (C=O) groups is 3. The molecule has 0 aliphatic heterocycles. The van der Waals surface area contributed by atoms with Crippen molar-refractivity contribution < 1.29 is 24.6 Å². The Labute approximate surface area is 163 Å². The number of allylic oxidation sites excluding steroid dienone is 2. The summed E-state index contributed by atoms with van der Waals surface area (Å²) in [6.07, 6.45) is 9.06. The molecule has 1 aliphatic rings. The zero-order chi connectivity index (χ0) is 20.4. The molecular formula is C20H25N3O5. The van der Waals surface area contributed by atoms with Gasteiger partial charge in [0.2, 0.25) is 0 Å². The molecule has 0 atom stereocenters. The van der Waals surface area contributed by atoms with Crippen LogP contribution in [0.25, 0.3) is 6.08 Å². The highest BCUT2D eigenvalue weighted by molar-refractivity contribution is 5.92. The van der Waals surface area contributed by atoms with Gasteiger partial charge in [-0.3, -0.25) is 4.79 Å². The molecule has 1 aliphatic carbocycles. The van der Waals surface area contributed by atoms with Crippen LogP contribution in [0.15, 0.2) is 36.0 Å². The topological polar surface area (TPSA) is 128 Å². The summed E-state index contributed by atoms with van der Waals surface area (Å²) in [5.74, 6) is -2.49. The van der Waals surface area contributed by atoms with Crippen molar-refractivity contribution in [3.8, 4) is 0 Å². The number of aryl methyl sites for hydroxylation is 1. The molecule has 0 aromatic heterocycles. The standard InChI is InChI=1S/C20H25N3O5/c24-18(25)13-22-20(28)23-17(19(26)27)10-3-4-11-21-12-15-8-5-7-14-6-1-2-9-16(14)15/h2,5,7-10,21H,1,3-4,6,11-13H2,(H,24,25)(H,26,27)(H2,22,23,28)/b17-10+. The van der Waals surface area contributed by atoms with Crippen LogP contribution in [-0.4, -0.2) is 41.3 Å².